The van der Waals surface area contributed by atoms with Crippen LogP contribution >= 0.6 is 0 Å². The number of carbonyl (C=O) groups is 3. The highest BCUT2D eigenvalue weighted by Crippen LogP contribution is 2.19. The summed E-state index contributed by atoms with van der Waals surface area (Å²) in [5, 5.41) is 5.38. The highest BCUT2D eigenvalue weighted by molar-refractivity contribution is 5.78. The zero-order chi connectivity index (χ0) is 15.7. The monoisotopic (exact) mass is 299 g/mol. The summed E-state index contributed by atoms with van der Waals surface area (Å²) < 4.78 is 4.70. The molecule has 1 heterocycles. The van der Waals surface area contributed by atoms with Crippen LogP contribution in [0, 0.1) is 0 Å². The van der Waals surface area contributed by atoms with Crippen molar-refractivity contribution < 1.29 is 19.1 Å². The smallest absolute Gasteiger partial charge is 0.307 e. The molecule has 0 aromatic rings. The molecule has 0 aromatic heterocycles. The second-order valence-electron chi connectivity index (χ2n) is 5.23. The minimum atomic E-state index is -0.238. The third-order valence-electron chi connectivity index (χ3n) is 3.55. The summed E-state index contributed by atoms with van der Waals surface area (Å²) in [6, 6.07) is 0.0762. The lowest BCUT2D eigenvalue weighted by Gasteiger charge is -2.34. The Hall–Kier alpha value is -1.63. The number of methoxy groups -OCH3 is 1. The lowest BCUT2D eigenvalue weighted by molar-refractivity contribution is -0.143. The third kappa shape index (κ3) is 7.08. The molecule has 1 fully saturated rings. The van der Waals surface area contributed by atoms with Crippen LogP contribution in [0.4, 0.5) is 0 Å². The fraction of sp³-hybridized carbons (Fsp3) is 0.786. The van der Waals surface area contributed by atoms with E-state index in [1.807, 2.05) is 4.90 Å². The van der Waals surface area contributed by atoms with Crippen LogP contribution in [0.15, 0.2) is 0 Å². The van der Waals surface area contributed by atoms with E-state index >= 15 is 0 Å². The molecule has 0 radical (unpaired) electrons. The number of hydrogen-bond acceptors (Lipinski definition) is 5. The van der Waals surface area contributed by atoms with Crippen molar-refractivity contribution in [3.63, 3.8) is 0 Å². The SMILES string of the molecule is COC(=O)CC1CCCCN1CC(=O)NCCNC(C)=O. The van der Waals surface area contributed by atoms with Crippen molar-refractivity contribution in [2.24, 2.45) is 0 Å². The van der Waals surface area contributed by atoms with E-state index in [9.17, 15) is 14.4 Å². The lowest BCUT2D eigenvalue weighted by atomic mass is 9.99. The maximum Gasteiger partial charge on any atom is 0.307 e. The zero-order valence-electron chi connectivity index (χ0n) is 12.8. The highest BCUT2D eigenvalue weighted by Gasteiger charge is 2.26. The topological polar surface area (TPSA) is 87.7 Å². The van der Waals surface area contributed by atoms with Crippen molar-refractivity contribution in [2.75, 3.05) is 33.3 Å². The predicted molar refractivity (Wildman–Crippen MR) is 77.5 cm³/mol. The highest BCUT2D eigenvalue weighted by atomic mass is 16.5. The first kappa shape index (κ1) is 17.4. The second kappa shape index (κ2) is 9.33. The number of hydrogen-bond donors (Lipinski definition) is 2. The number of ether oxygens (including phenoxy) is 1. The average molecular weight is 299 g/mol. The normalized spacial score (nSPS) is 18.9. The number of carbonyl (C=O) groups excluding carboxylic acids is 3. The molecule has 120 valence electrons. The molecule has 1 unspecified atom stereocenters. The number of nitrogens with zero attached hydrogens (tertiary/aromatic N) is 1. The van der Waals surface area contributed by atoms with Crippen LogP contribution in [-0.2, 0) is 19.1 Å². The molecule has 21 heavy (non-hydrogen) atoms. The number of esters is 1. The van der Waals surface area contributed by atoms with Gasteiger partial charge in [-0.3, -0.25) is 19.3 Å². The van der Waals surface area contributed by atoms with Crippen molar-refractivity contribution in [2.45, 2.75) is 38.6 Å². The Kier molecular flexibility index (Phi) is 7.74. The van der Waals surface area contributed by atoms with Crippen molar-refractivity contribution in [3.05, 3.63) is 0 Å². The Balaban J connectivity index is 2.33. The number of rotatable bonds is 7. The third-order valence-corrected chi connectivity index (χ3v) is 3.55. The van der Waals surface area contributed by atoms with Crippen LogP contribution in [0.3, 0.4) is 0 Å². The van der Waals surface area contributed by atoms with Gasteiger partial charge in [-0.1, -0.05) is 6.42 Å². The largest absolute Gasteiger partial charge is 0.469 e. The van der Waals surface area contributed by atoms with E-state index in [1.165, 1.54) is 14.0 Å². The van der Waals surface area contributed by atoms with Gasteiger partial charge in [0, 0.05) is 26.1 Å². The van der Waals surface area contributed by atoms with Crippen LogP contribution in [0.5, 0.6) is 0 Å². The van der Waals surface area contributed by atoms with Crippen molar-refractivity contribution in [1.82, 2.24) is 15.5 Å². The fourth-order valence-corrected chi connectivity index (χ4v) is 2.46. The van der Waals surface area contributed by atoms with E-state index in [-0.39, 0.29) is 30.4 Å². The minimum Gasteiger partial charge on any atom is -0.469 e. The van der Waals surface area contributed by atoms with Gasteiger partial charge in [0.25, 0.3) is 0 Å². The van der Waals surface area contributed by atoms with Crippen LogP contribution in [0.25, 0.3) is 0 Å². The predicted octanol–water partition coefficient (Wildman–Crippen LogP) is -0.344. The van der Waals surface area contributed by atoms with Gasteiger partial charge in [-0.25, -0.2) is 0 Å². The summed E-state index contributed by atoms with van der Waals surface area (Å²) in [6.07, 6.45) is 3.35. The van der Waals surface area contributed by atoms with E-state index in [2.05, 4.69) is 10.6 Å². The summed E-state index contributed by atoms with van der Waals surface area (Å²) in [4.78, 5) is 36.0. The number of likely N-dealkylation sites (tertiary alicyclic amines) is 1. The molecule has 0 bridgehead atoms. The van der Waals surface area contributed by atoms with Gasteiger partial charge in [0.15, 0.2) is 0 Å². The quantitative estimate of drug-likeness (QED) is 0.496. The van der Waals surface area contributed by atoms with Crippen LogP contribution in [0.2, 0.25) is 0 Å². The Morgan fingerprint density at radius 3 is 2.57 bits per heavy atom. The molecule has 1 saturated heterocycles. The van der Waals surface area contributed by atoms with E-state index < -0.39 is 0 Å². The Bertz CT molecular complexity index is 373. The van der Waals surface area contributed by atoms with Gasteiger partial charge in [0.05, 0.1) is 20.1 Å². The van der Waals surface area contributed by atoms with Crippen LogP contribution in [-0.4, -0.2) is 62.0 Å². The molecule has 2 amide bonds. The Labute approximate surface area is 125 Å². The van der Waals surface area contributed by atoms with Crippen LogP contribution in [0.1, 0.15) is 32.6 Å². The van der Waals surface area contributed by atoms with Gasteiger partial charge in [0.1, 0.15) is 0 Å². The lowest BCUT2D eigenvalue weighted by Crippen LogP contribution is -2.47. The van der Waals surface area contributed by atoms with Gasteiger partial charge < -0.3 is 15.4 Å². The number of nitrogens with one attached hydrogen (secondary N) is 2. The molecule has 1 atom stereocenters. The molecule has 0 aliphatic carbocycles. The molecular weight excluding hydrogens is 274 g/mol. The zero-order valence-corrected chi connectivity index (χ0v) is 12.8. The maximum atomic E-state index is 11.9. The first-order valence-corrected chi connectivity index (χ1v) is 7.35. The molecular formula is C14H25N3O4. The van der Waals surface area contributed by atoms with Crippen molar-refractivity contribution in [1.29, 1.82) is 0 Å². The van der Waals surface area contributed by atoms with Crippen molar-refractivity contribution >= 4 is 17.8 Å². The van der Waals surface area contributed by atoms with E-state index in [1.54, 1.807) is 0 Å². The molecule has 7 nitrogen and oxygen atoms in total. The second-order valence-corrected chi connectivity index (χ2v) is 5.23. The molecule has 0 aromatic carbocycles. The molecule has 1 aliphatic heterocycles. The molecule has 2 N–H and O–H groups in total. The van der Waals surface area contributed by atoms with E-state index in [0.29, 0.717) is 19.5 Å². The molecule has 1 rings (SSSR count). The molecule has 1 aliphatic rings. The first-order valence-electron chi connectivity index (χ1n) is 7.35. The van der Waals surface area contributed by atoms with Gasteiger partial charge in [-0.15, -0.1) is 0 Å². The maximum absolute atomic E-state index is 11.9. The molecule has 0 saturated carbocycles. The number of piperidine rings is 1. The van der Waals surface area contributed by atoms with Gasteiger partial charge in [0.2, 0.25) is 11.8 Å². The molecule has 7 heteroatoms. The van der Waals surface area contributed by atoms with Gasteiger partial charge in [-0.05, 0) is 19.4 Å². The number of amides is 2. The first-order chi connectivity index (χ1) is 10.0. The summed E-state index contributed by atoms with van der Waals surface area (Å²) in [5.74, 6) is -0.437. The Morgan fingerprint density at radius 2 is 1.90 bits per heavy atom. The minimum absolute atomic E-state index is 0.0762. The molecule has 0 spiro atoms. The summed E-state index contributed by atoms with van der Waals surface area (Å²) >= 11 is 0. The summed E-state index contributed by atoms with van der Waals surface area (Å²) in [6.45, 7) is 3.37. The fourth-order valence-electron chi connectivity index (χ4n) is 2.46. The Morgan fingerprint density at radius 1 is 1.19 bits per heavy atom. The van der Waals surface area contributed by atoms with Crippen molar-refractivity contribution in [3.8, 4) is 0 Å². The van der Waals surface area contributed by atoms with E-state index in [4.69, 9.17) is 4.74 Å². The van der Waals surface area contributed by atoms with Gasteiger partial charge in [-0.2, -0.15) is 0 Å². The summed E-state index contributed by atoms with van der Waals surface area (Å²) in [5.41, 5.74) is 0. The summed E-state index contributed by atoms with van der Waals surface area (Å²) in [7, 11) is 1.38. The van der Waals surface area contributed by atoms with Crippen LogP contribution < -0.4 is 10.6 Å². The standard InChI is InChI=1S/C14H25N3O4/c1-11(18)15-6-7-16-13(19)10-17-8-4-3-5-12(17)9-14(20)21-2/h12H,3-10H2,1-2H3,(H,15,18)(H,16,19). The van der Waals surface area contributed by atoms with E-state index in [0.717, 1.165) is 25.8 Å². The average Bonchev–Trinajstić information content (AvgIpc) is 2.45. The van der Waals surface area contributed by atoms with Gasteiger partial charge >= 0.3 is 5.97 Å².